The Morgan fingerprint density at radius 3 is 2.17 bits per heavy atom. The van der Waals surface area contributed by atoms with Crippen LogP contribution >= 0.6 is 0 Å². The van der Waals surface area contributed by atoms with Gasteiger partial charge in [-0.05, 0) is 49.4 Å². The highest BCUT2D eigenvalue weighted by Crippen LogP contribution is 2.59. The van der Waals surface area contributed by atoms with Gasteiger partial charge in [0, 0.05) is 18.5 Å². The Bertz CT molecular complexity index is 643. The summed E-state index contributed by atoms with van der Waals surface area (Å²) in [5, 5.41) is 5.68. The molecule has 2 rings (SSSR count). The van der Waals surface area contributed by atoms with Crippen molar-refractivity contribution in [2.45, 2.75) is 27.7 Å². The van der Waals surface area contributed by atoms with Crippen LogP contribution in [0.2, 0.25) is 0 Å². The summed E-state index contributed by atoms with van der Waals surface area (Å²) >= 11 is 0. The molecule has 0 aromatic heterocycles. The lowest BCUT2D eigenvalue weighted by molar-refractivity contribution is -0.120. The fourth-order valence-corrected chi connectivity index (χ4v) is 3.03. The molecule has 24 heavy (non-hydrogen) atoms. The van der Waals surface area contributed by atoms with Gasteiger partial charge in [-0.1, -0.05) is 25.5 Å². The summed E-state index contributed by atoms with van der Waals surface area (Å²) in [6, 6.07) is 7.08. The van der Waals surface area contributed by atoms with Crippen LogP contribution in [0.3, 0.4) is 0 Å². The van der Waals surface area contributed by atoms with Gasteiger partial charge in [-0.3, -0.25) is 9.59 Å². The molecule has 1 fully saturated rings. The minimum atomic E-state index is -0.210. The topological polar surface area (TPSA) is 67.4 Å². The third kappa shape index (κ3) is 4.23. The lowest BCUT2D eigenvalue weighted by Crippen LogP contribution is -2.18. The van der Waals surface area contributed by atoms with Gasteiger partial charge in [-0.2, -0.15) is 0 Å². The molecule has 0 saturated heterocycles. The number of allylic oxidation sites excluding steroid dienone is 2. The van der Waals surface area contributed by atoms with E-state index in [9.17, 15) is 9.59 Å². The van der Waals surface area contributed by atoms with E-state index in [1.165, 1.54) is 12.7 Å². The van der Waals surface area contributed by atoms with Gasteiger partial charge in [-0.15, -0.1) is 0 Å². The smallest absolute Gasteiger partial charge is 0.250 e. The highest BCUT2D eigenvalue weighted by molar-refractivity contribution is 5.96. The predicted molar refractivity (Wildman–Crippen MR) is 95.8 cm³/mol. The molecule has 1 saturated carbocycles. The van der Waals surface area contributed by atoms with Gasteiger partial charge in [0.15, 0.2) is 0 Å². The highest BCUT2D eigenvalue weighted by atomic mass is 16.5. The highest BCUT2D eigenvalue weighted by Gasteiger charge is 2.60. The monoisotopic (exact) mass is 330 g/mol. The second kappa shape index (κ2) is 7.18. The first-order chi connectivity index (χ1) is 11.3. The number of amides is 2. The molecule has 1 aromatic carbocycles. The maximum atomic E-state index is 12.5. The van der Waals surface area contributed by atoms with Crippen LogP contribution in [0.25, 0.3) is 0 Å². The zero-order valence-electron chi connectivity index (χ0n) is 15.0. The quantitative estimate of drug-likeness (QED) is 0.785. The molecule has 0 radical (unpaired) electrons. The number of carbonyl (C=O) groups is 2. The Hall–Kier alpha value is -2.14. The van der Waals surface area contributed by atoms with Crippen molar-refractivity contribution in [3.63, 3.8) is 0 Å². The summed E-state index contributed by atoms with van der Waals surface area (Å²) in [5.41, 5.74) is 2.63. The molecule has 0 bridgehead atoms. The Morgan fingerprint density at radius 1 is 1.12 bits per heavy atom. The van der Waals surface area contributed by atoms with Crippen molar-refractivity contribution in [3.8, 4) is 0 Å². The van der Waals surface area contributed by atoms with Crippen LogP contribution in [0.1, 0.15) is 27.7 Å². The van der Waals surface area contributed by atoms with Gasteiger partial charge in [0.05, 0.1) is 5.92 Å². The summed E-state index contributed by atoms with van der Waals surface area (Å²) in [6.45, 7) is 8.37. The van der Waals surface area contributed by atoms with E-state index in [-0.39, 0.29) is 35.7 Å². The second-order valence-electron chi connectivity index (χ2n) is 7.12. The molecule has 5 nitrogen and oxygen atoms in total. The SMILES string of the molecule is COCC(=O)Nc1ccc(NC(=O)[C@H]2[C@H](C=C(C)C)C2(C)C)cc1. The fraction of sp³-hybridized carbons (Fsp3) is 0.474. The second-order valence-corrected chi connectivity index (χ2v) is 7.12. The van der Waals surface area contributed by atoms with E-state index in [1.54, 1.807) is 24.3 Å². The van der Waals surface area contributed by atoms with Gasteiger partial charge in [0.25, 0.3) is 0 Å². The minimum absolute atomic E-state index is 0.00454. The van der Waals surface area contributed by atoms with Crippen molar-refractivity contribution in [2.75, 3.05) is 24.4 Å². The van der Waals surface area contributed by atoms with Crippen LogP contribution in [-0.4, -0.2) is 25.5 Å². The van der Waals surface area contributed by atoms with E-state index in [2.05, 4.69) is 44.4 Å². The molecule has 130 valence electrons. The molecule has 1 aliphatic carbocycles. The van der Waals surface area contributed by atoms with Gasteiger partial charge in [0.1, 0.15) is 6.61 Å². The van der Waals surface area contributed by atoms with E-state index < -0.39 is 0 Å². The summed E-state index contributed by atoms with van der Waals surface area (Å²) in [5.74, 6) is 0.112. The zero-order chi connectivity index (χ0) is 17.9. The maximum absolute atomic E-state index is 12.5. The van der Waals surface area contributed by atoms with Crippen molar-refractivity contribution in [2.24, 2.45) is 17.3 Å². The number of benzene rings is 1. The number of ether oxygens (including phenoxy) is 1. The van der Waals surface area contributed by atoms with Crippen molar-refractivity contribution >= 4 is 23.2 Å². The summed E-state index contributed by atoms with van der Waals surface area (Å²) in [6.07, 6.45) is 2.18. The number of hydrogen-bond acceptors (Lipinski definition) is 3. The first-order valence-corrected chi connectivity index (χ1v) is 8.10. The fourth-order valence-electron chi connectivity index (χ4n) is 3.03. The summed E-state index contributed by atoms with van der Waals surface area (Å²) in [4.78, 5) is 24.0. The molecule has 2 N–H and O–H groups in total. The molecule has 1 aliphatic rings. The van der Waals surface area contributed by atoms with Crippen LogP contribution < -0.4 is 10.6 Å². The number of nitrogens with one attached hydrogen (secondary N) is 2. The van der Waals surface area contributed by atoms with Gasteiger partial charge < -0.3 is 15.4 Å². The summed E-state index contributed by atoms with van der Waals surface area (Å²) < 4.78 is 4.77. The number of carbonyl (C=O) groups excluding carboxylic acids is 2. The zero-order valence-corrected chi connectivity index (χ0v) is 15.0. The molecule has 2 atom stereocenters. The van der Waals surface area contributed by atoms with E-state index in [0.29, 0.717) is 5.69 Å². The Morgan fingerprint density at radius 2 is 1.67 bits per heavy atom. The van der Waals surface area contributed by atoms with Crippen LogP contribution in [0.4, 0.5) is 11.4 Å². The van der Waals surface area contributed by atoms with E-state index in [0.717, 1.165) is 5.69 Å². The molecular weight excluding hydrogens is 304 g/mol. The summed E-state index contributed by atoms with van der Waals surface area (Å²) in [7, 11) is 1.47. The number of anilines is 2. The Kier molecular flexibility index (Phi) is 5.44. The molecule has 5 heteroatoms. The van der Waals surface area contributed by atoms with Crippen LogP contribution in [0, 0.1) is 17.3 Å². The maximum Gasteiger partial charge on any atom is 0.250 e. The third-order valence-corrected chi connectivity index (χ3v) is 4.42. The third-order valence-electron chi connectivity index (χ3n) is 4.42. The standard InChI is InChI=1S/C19H26N2O3/c1-12(2)10-15-17(19(15,3)4)18(23)21-14-8-6-13(7-9-14)20-16(22)11-24-5/h6-10,15,17H,11H2,1-5H3,(H,20,22)(H,21,23)/t15-,17+/m0/s1. The lowest BCUT2D eigenvalue weighted by Gasteiger charge is -2.08. The van der Waals surface area contributed by atoms with Crippen LogP contribution in [-0.2, 0) is 14.3 Å². The number of rotatable bonds is 6. The Balaban J connectivity index is 1.96. The Labute approximate surface area is 143 Å². The van der Waals surface area contributed by atoms with E-state index in [4.69, 9.17) is 4.74 Å². The first kappa shape index (κ1) is 18.2. The molecule has 0 unspecified atom stereocenters. The number of methoxy groups -OCH3 is 1. The first-order valence-electron chi connectivity index (χ1n) is 8.10. The molecule has 1 aromatic rings. The molecule has 0 spiro atoms. The lowest BCUT2D eigenvalue weighted by atomic mass is 10.1. The van der Waals surface area contributed by atoms with Crippen molar-refractivity contribution < 1.29 is 14.3 Å². The van der Waals surface area contributed by atoms with E-state index >= 15 is 0 Å². The number of hydrogen-bond donors (Lipinski definition) is 2. The molecule has 0 aliphatic heterocycles. The van der Waals surface area contributed by atoms with Crippen LogP contribution in [0.5, 0.6) is 0 Å². The van der Waals surface area contributed by atoms with Crippen molar-refractivity contribution in [1.29, 1.82) is 0 Å². The van der Waals surface area contributed by atoms with Gasteiger partial charge in [-0.25, -0.2) is 0 Å². The average molecular weight is 330 g/mol. The largest absolute Gasteiger partial charge is 0.375 e. The molecular formula is C19H26N2O3. The minimum Gasteiger partial charge on any atom is -0.375 e. The van der Waals surface area contributed by atoms with Gasteiger partial charge >= 0.3 is 0 Å². The van der Waals surface area contributed by atoms with Crippen molar-refractivity contribution in [3.05, 3.63) is 35.9 Å². The normalized spacial score (nSPS) is 20.9. The average Bonchev–Trinajstić information content (AvgIpc) is 3.01. The van der Waals surface area contributed by atoms with Crippen molar-refractivity contribution in [1.82, 2.24) is 0 Å². The van der Waals surface area contributed by atoms with Gasteiger partial charge in [0.2, 0.25) is 11.8 Å². The van der Waals surface area contributed by atoms with E-state index in [1.807, 2.05) is 0 Å². The molecule has 0 heterocycles. The molecule has 2 amide bonds. The van der Waals surface area contributed by atoms with Crippen LogP contribution in [0.15, 0.2) is 35.9 Å². The predicted octanol–water partition coefficient (Wildman–Crippen LogP) is 3.45.